The number of hydrogen-bond acceptors (Lipinski definition) is 3. The van der Waals surface area contributed by atoms with Crippen LogP contribution in [-0.2, 0) is 6.18 Å². The third kappa shape index (κ3) is 3.68. The summed E-state index contributed by atoms with van der Waals surface area (Å²) in [5.41, 5.74) is 5.85. The fourth-order valence-corrected chi connectivity index (χ4v) is 4.04. The lowest BCUT2D eigenvalue weighted by atomic mass is 9.98. The molecule has 0 bridgehead atoms. The number of nitrogens with two attached hydrogens (primary N) is 1. The smallest absolute Gasteiger partial charge is 0.337 e. The van der Waals surface area contributed by atoms with Crippen molar-refractivity contribution >= 4 is 18.3 Å². The topological polar surface area (TPSA) is 64.2 Å². The number of rotatable bonds is 2. The summed E-state index contributed by atoms with van der Waals surface area (Å²) in [5, 5.41) is 4.19. The Morgan fingerprint density at radius 2 is 1.96 bits per heavy atom. The van der Waals surface area contributed by atoms with Crippen LogP contribution >= 0.6 is 12.4 Å². The Balaban J connectivity index is 0.00000210. The molecule has 0 spiro atoms. The van der Waals surface area contributed by atoms with Crippen molar-refractivity contribution in [3.05, 3.63) is 47.8 Å². The highest BCUT2D eigenvalue weighted by Gasteiger charge is 2.42. The van der Waals surface area contributed by atoms with Gasteiger partial charge in [0, 0.05) is 25.3 Å². The summed E-state index contributed by atoms with van der Waals surface area (Å²) in [6, 6.07) is 6.54. The summed E-state index contributed by atoms with van der Waals surface area (Å²) >= 11 is 0. The van der Waals surface area contributed by atoms with Crippen LogP contribution in [-0.4, -0.2) is 39.7 Å². The molecular formula is C18H20ClF3N4O. The fourth-order valence-electron chi connectivity index (χ4n) is 4.04. The van der Waals surface area contributed by atoms with Gasteiger partial charge in [-0.1, -0.05) is 6.07 Å². The highest BCUT2D eigenvalue weighted by atomic mass is 35.5. The molecule has 3 unspecified atom stereocenters. The highest BCUT2D eigenvalue weighted by Crippen LogP contribution is 2.37. The summed E-state index contributed by atoms with van der Waals surface area (Å²) in [4.78, 5) is 14.4. The van der Waals surface area contributed by atoms with Crippen LogP contribution in [0.25, 0.3) is 5.69 Å². The van der Waals surface area contributed by atoms with Gasteiger partial charge >= 0.3 is 6.18 Å². The van der Waals surface area contributed by atoms with Crippen molar-refractivity contribution in [1.82, 2.24) is 14.7 Å². The molecule has 27 heavy (non-hydrogen) atoms. The van der Waals surface area contributed by atoms with Crippen molar-refractivity contribution in [3.63, 3.8) is 0 Å². The van der Waals surface area contributed by atoms with Crippen LogP contribution in [0.5, 0.6) is 0 Å². The Kier molecular flexibility index (Phi) is 5.22. The number of alkyl halides is 3. The second-order valence-electron chi connectivity index (χ2n) is 7.07. The van der Waals surface area contributed by atoms with Crippen LogP contribution in [0.3, 0.4) is 0 Å². The van der Waals surface area contributed by atoms with Gasteiger partial charge < -0.3 is 10.6 Å². The van der Waals surface area contributed by atoms with Crippen LogP contribution in [0.2, 0.25) is 0 Å². The molecular weight excluding hydrogens is 381 g/mol. The van der Waals surface area contributed by atoms with Crippen LogP contribution in [0, 0.1) is 11.8 Å². The lowest BCUT2D eigenvalue weighted by Gasteiger charge is -2.17. The van der Waals surface area contributed by atoms with Crippen LogP contribution in [0.4, 0.5) is 13.2 Å². The molecule has 1 aliphatic carbocycles. The minimum absolute atomic E-state index is 0. The standard InChI is InChI=1S/C18H19F3N4O.ClH/c19-18(20,21)12-2-1-3-13(8-12)25-7-6-16(23-25)17(26)24-9-11-4-5-15(22)14(11)10-24;/h1-3,6-8,11,14-15H,4-5,9-10,22H2;1H. The highest BCUT2D eigenvalue weighted by molar-refractivity contribution is 5.92. The normalized spacial score (nSPS) is 24.6. The van der Waals surface area contributed by atoms with E-state index in [4.69, 9.17) is 5.73 Å². The van der Waals surface area contributed by atoms with Crippen molar-refractivity contribution in [2.24, 2.45) is 17.6 Å². The monoisotopic (exact) mass is 400 g/mol. The first-order chi connectivity index (χ1) is 12.3. The zero-order valence-electron chi connectivity index (χ0n) is 14.4. The van der Waals surface area contributed by atoms with Gasteiger partial charge in [0.15, 0.2) is 5.69 Å². The predicted molar refractivity (Wildman–Crippen MR) is 95.9 cm³/mol. The van der Waals surface area contributed by atoms with E-state index >= 15 is 0 Å². The lowest BCUT2D eigenvalue weighted by Crippen LogP contribution is -2.33. The maximum Gasteiger partial charge on any atom is 0.416 e. The Labute approximate surface area is 160 Å². The quantitative estimate of drug-likeness (QED) is 0.842. The fraction of sp³-hybridized carbons (Fsp3) is 0.444. The van der Waals surface area contributed by atoms with Gasteiger partial charge in [-0.15, -0.1) is 12.4 Å². The average molecular weight is 401 g/mol. The molecule has 2 aliphatic rings. The summed E-state index contributed by atoms with van der Waals surface area (Å²) in [5.74, 6) is 0.585. The van der Waals surface area contributed by atoms with Crippen LogP contribution in [0.1, 0.15) is 28.9 Å². The Morgan fingerprint density at radius 1 is 1.19 bits per heavy atom. The molecule has 1 aromatic carbocycles. The molecule has 5 nitrogen and oxygen atoms in total. The van der Waals surface area contributed by atoms with Crippen LogP contribution in [0.15, 0.2) is 36.5 Å². The van der Waals surface area contributed by atoms with Crippen molar-refractivity contribution in [1.29, 1.82) is 0 Å². The molecule has 4 rings (SSSR count). The van der Waals surface area contributed by atoms with Gasteiger partial charge in [0.05, 0.1) is 11.3 Å². The minimum Gasteiger partial charge on any atom is -0.337 e. The summed E-state index contributed by atoms with van der Waals surface area (Å²) in [6.07, 6.45) is -0.880. The molecule has 9 heteroatoms. The largest absolute Gasteiger partial charge is 0.416 e. The molecule has 1 aromatic heterocycles. The molecule has 146 valence electrons. The maximum absolute atomic E-state index is 12.9. The van der Waals surface area contributed by atoms with Crippen molar-refractivity contribution in [2.75, 3.05) is 13.1 Å². The molecule has 2 heterocycles. The molecule has 2 N–H and O–H groups in total. The van der Waals surface area contributed by atoms with Gasteiger partial charge in [0.2, 0.25) is 0 Å². The molecule has 0 radical (unpaired) electrons. The predicted octanol–water partition coefficient (Wildman–Crippen LogP) is 3.12. The number of hydrogen-bond donors (Lipinski definition) is 1. The minimum atomic E-state index is -4.42. The van der Waals surface area contributed by atoms with Gasteiger partial charge in [0.1, 0.15) is 0 Å². The molecule has 3 atom stereocenters. The first kappa shape index (κ1) is 19.7. The van der Waals surface area contributed by atoms with E-state index in [0.29, 0.717) is 24.9 Å². The first-order valence-electron chi connectivity index (χ1n) is 8.61. The van der Waals surface area contributed by atoms with Crippen LogP contribution < -0.4 is 5.73 Å². The van der Waals surface area contributed by atoms with Gasteiger partial charge in [-0.3, -0.25) is 4.79 Å². The number of likely N-dealkylation sites (tertiary alicyclic amines) is 1. The summed E-state index contributed by atoms with van der Waals surface area (Å²) < 4.78 is 39.9. The number of halogens is 4. The third-order valence-electron chi connectivity index (χ3n) is 5.45. The maximum atomic E-state index is 12.9. The number of carbonyl (C=O) groups excluding carboxylic acids is 1. The Bertz CT molecular complexity index is 838. The van der Waals surface area contributed by atoms with E-state index in [0.717, 1.165) is 25.0 Å². The summed E-state index contributed by atoms with van der Waals surface area (Å²) in [7, 11) is 0. The first-order valence-corrected chi connectivity index (χ1v) is 8.61. The zero-order valence-corrected chi connectivity index (χ0v) is 15.2. The lowest BCUT2D eigenvalue weighted by molar-refractivity contribution is -0.137. The molecule has 1 saturated carbocycles. The van der Waals surface area contributed by atoms with Gasteiger partial charge in [-0.05, 0) is 48.9 Å². The van der Waals surface area contributed by atoms with E-state index in [1.54, 1.807) is 4.90 Å². The van der Waals surface area contributed by atoms with E-state index in [9.17, 15) is 18.0 Å². The van der Waals surface area contributed by atoms with E-state index < -0.39 is 11.7 Å². The summed E-state index contributed by atoms with van der Waals surface area (Å²) in [6.45, 7) is 1.30. The second kappa shape index (κ2) is 7.16. The third-order valence-corrected chi connectivity index (χ3v) is 5.45. The molecule has 2 aromatic rings. The molecule has 1 saturated heterocycles. The van der Waals surface area contributed by atoms with E-state index in [-0.39, 0.29) is 35.7 Å². The van der Waals surface area contributed by atoms with E-state index in [1.807, 2.05) is 0 Å². The van der Waals surface area contributed by atoms with Crippen molar-refractivity contribution in [3.8, 4) is 5.69 Å². The molecule has 1 aliphatic heterocycles. The zero-order chi connectivity index (χ0) is 18.5. The van der Waals surface area contributed by atoms with E-state index in [2.05, 4.69) is 5.10 Å². The van der Waals surface area contributed by atoms with E-state index in [1.165, 1.54) is 29.1 Å². The van der Waals surface area contributed by atoms with Crippen molar-refractivity contribution < 1.29 is 18.0 Å². The van der Waals surface area contributed by atoms with Gasteiger partial charge in [0.25, 0.3) is 5.91 Å². The molecule has 2 fully saturated rings. The molecule has 1 amide bonds. The number of carbonyl (C=O) groups is 1. The number of amides is 1. The number of aromatic nitrogens is 2. The Hall–Kier alpha value is -2.06. The number of nitrogens with zero attached hydrogens (tertiary/aromatic N) is 3. The van der Waals surface area contributed by atoms with Crippen molar-refractivity contribution in [2.45, 2.75) is 25.1 Å². The average Bonchev–Trinajstić information content (AvgIpc) is 3.31. The number of benzene rings is 1. The number of fused-ring (bicyclic) bond motifs is 1. The van der Waals surface area contributed by atoms with Gasteiger partial charge in [-0.25, -0.2) is 4.68 Å². The second-order valence-corrected chi connectivity index (χ2v) is 7.07. The Morgan fingerprint density at radius 3 is 2.67 bits per heavy atom. The van der Waals surface area contributed by atoms with Gasteiger partial charge in [-0.2, -0.15) is 18.3 Å². The SMILES string of the molecule is Cl.NC1CCC2CN(C(=O)c3ccn(-c4cccc(C(F)(F)F)c4)n3)CC12.